The van der Waals surface area contributed by atoms with Crippen LogP contribution in [0, 0.1) is 0 Å². The summed E-state index contributed by atoms with van der Waals surface area (Å²) in [5.74, 6) is 1.71. The quantitative estimate of drug-likeness (QED) is 0.916. The van der Waals surface area contributed by atoms with Gasteiger partial charge < -0.3 is 19.2 Å². The van der Waals surface area contributed by atoms with Crippen molar-refractivity contribution in [1.29, 1.82) is 0 Å². The van der Waals surface area contributed by atoms with Crippen molar-refractivity contribution in [2.24, 2.45) is 0 Å². The highest BCUT2D eigenvalue weighted by molar-refractivity contribution is 5.84. The molecular formula is C19H23NO4. The van der Waals surface area contributed by atoms with E-state index in [0.717, 1.165) is 49.0 Å². The van der Waals surface area contributed by atoms with Crippen molar-refractivity contribution in [2.75, 3.05) is 19.8 Å². The van der Waals surface area contributed by atoms with Crippen LogP contribution in [0.15, 0.2) is 22.6 Å². The highest BCUT2D eigenvalue weighted by Crippen LogP contribution is 2.33. The van der Waals surface area contributed by atoms with Crippen LogP contribution in [0.3, 0.4) is 0 Å². The van der Waals surface area contributed by atoms with Gasteiger partial charge in [-0.05, 0) is 50.3 Å². The van der Waals surface area contributed by atoms with Crippen LogP contribution in [0.2, 0.25) is 0 Å². The summed E-state index contributed by atoms with van der Waals surface area (Å²) < 4.78 is 17.1. The van der Waals surface area contributed by atoms with E-state index in [1.165, 1.54) is 18.4 Å². The highest BCUT2D eigenvalue weighted by Gasteiger charge is 2.19. The van der Waals surface area contributed by atoms with E-state index in [9.17, 15) is 4.79 Å². The van der Waals surface area contributed by atoms with Crippen molar-refractivity contribution >= 4 is 16.9 Å². The van der Waals surface area contributed by atoms with Gasteiger partial charge >= 0.3 is 0 Å². The topological polar surface area (TPSA) is 60.7 Å². The largest absolute Gasteiger partial charge is 0.484 e. The zero-order valence-electron chi connectivity index (χ0n) is 13.8. The molecule has 128 valence electrons. The molecule has 0 saturated carbocycles. The van der Waals surface area contributed by atoms with Crippen molar-refractivity contribution in [3.63, 3.8) is 0 Å². The number of amides is 1. The Morgan fingerprint density at radius 3 is 3.04 bits per heavy atom. The summed E-state index contributed by atoms with van der Waals surface area (Å²) in [6, 6.07) is 5.80. The second kappa shape index (κ2) is 6.85. The van der Waals surface area contributed by atoms with Crippen molar-refractivity contribution < 1.29 is 18.7 Å². The van der Waals surface area contributed by atoms with Crippen molar-refractivity contribution in [3.05, 3.63) is 29.5 Å². The second-order valence-corrected chi connectivity index (χ2v) is 6.60. The Labute approximate surface area is 141 Å². The first-order chi connectivity index (χ1) is 11.8. The van der Waals surface area contributed by atoms with Gasteiger partial charge in [-0.1, -0.05) is 0 Å². The van der Waals surface area contributed by atoms with E-state index in [-0.39, 0.29) is 18.6 Å². The molecule has 0 radical (unpaired) electrons. The SMILES string of the molecule is O=C(COc1ccc2oc3c(c2c1)CCCC3)NC[C@@H]1CCCO1. The van der Waals surface area contributed by atoms with Crippen LogP contribution in [-0.2, 0) is 22.4 Å². The minimum atomic E-state index is -0.111. The number of furan rings is 1. The predicted molar refractivity (Wildman–Crippen MR) is 90.3 cm³/mol. The molecule has 2 heterocycles. The molecule has 5 nitrogen and oxygen atoms in total. The number of benzene rings is 1. The summed E-state index contributed by atoms with van der Waals surface area (Å²) in [4.78, 5) is 11.9. The lowest BCUT2D eigenvalue weighted by molar-refractivity contribution is -0.123. The molecule has 1 atom stereocenters. The molecule has 2 aromatic rings. The Bertz CT molecular complexity index is 730. The molecule has 2 aliphatic rings. The summed E-state index contributed by atoms with van der Waals surface area (Å²) in [6.45, 7) is 1.39. The summed E-state index contributed by atoms with van der Waals surface area (Å²) in [6.07, 6.45) is 6.73. The number of hydrogen-bond acceptors (Lipinski definition) is 4. The molecule has 1 aromatic heterocycles. The third-order valence-electron chi connectivity index (χ3n) is 4.85. The molecule has 1 amide bonds. The van der Waals surface area contributed by atoms with Crippen LogP contribution in [0.4, 0.5) is 0 Å². The zero-order chi connectivity index (χ0) is 16.4. The summed E-state index contributed by atoms with van der Waals surface area (Å²) in [5, 5.41) is 4.00. The molecule has 1 N–H and O–H groups in total. The second-order valence-electron chi connectivity index (χ2n) is 6.60. The first-order valence-corrected chi connectivity index (χ1v) is 8.85. The lowest BCUT2D eigenvalue weighted by atomic mass is 9.96. The van der Waals surface area contributed by atoms with Gasteiger partial charge in [0, 0.05) is 30.5 Å². The molecule has 1 aromatic carbocycles. The Morgan fingerprint density at radius 1 is 1.25 bits per heavy atom. The summed E-state index contributed by atoms with van der Waals surface area (Å²) in [7, 11) is 0. The van der Waals surface area contributed by atoms with Gasteiger partial charge in [0.1, 0.15) is 17.1 Å². The maximum Gasteiger partial charge on any atom is 0.258 e. The minimum absolute atomic E-state index is 0.0261. The summed E-state index contributed by atoms with van der Waals surface area (Å²) >= 11 is 0. The Balaban J connectivity index is 1.36. The number of fused-ring (bicyclic) bond motifs is 3. The molecule has 0 bridgehead atoms. The predicted octanol–water partition coefficient (Wildman–Crippen LogP) is 2.99. The number of aryl methyl sites for hydroxylation is 2. The fourth-order valence-electron chi connectivity index (χ4n) is 3.56. The fourth-order valence-corrected chi connectivity index (χ4v) is 3.56. The standard InChI is InChI=1S/C19H23NO4/c21-19(20-11-14-4-3-9-22-14)12-23-13-7-8-18-16(10-13)15-5-1-2-6-17(15)24-18/h7-8,10,14H,1-6,9,11-12H2,(H,20,21)/t14-/m0/s1. The van der Waals surface area contributed by atoms with E-state index in [2.05, 4.69) is 5.32 Å². The van der Waals surface area contributed by atoms with E-state index in [1.807, 2.05) is 18.2 Å². The molecule has 0 unspecified atom stereocenters. The molecule has 0 spiro atoms. The van der Waals surface area contributed by atoms with Gasteiger partial charge in [0.2, 0.25) is 0 Å². The number of rotatable bonds is 5. The van der Waals surface area contributed by atoms with Gasteiger partial charge in [0.25, 0.3) is 5.91 Å². The third-order valence-corrected chi connectivity index (χ3v) is 4.85. The Hall–Kier alpha value is -2.01. The lowest BCUT2D eigenvalue weighted by Gasteiger charge is -2.11. The van der Waals surface area contributed by atoms with Gasteiger partial charge in [-0.2, -0.15) is 0 Å². The fraction of sp³-hybridized carbons (Fsp3) is 0.526. The molecule has 1 aliphatic heterocycles. The van der Waals surface area contributed by atoms with Crippen LogP contribution in [0.25, 0.3) is 11.0 Å². The summed E-state index contributed by atoms with van der Waals surface area (Å²) in [5.41, 5.74) is 2.22. The monoisotopic (exact) mass is 329 g/mol. The maximum absolute atomic E-state index is 11.9. The first kappa shape index (κ1) is 15.5. The Kier molecular flexibility index (Phi) is 4.43. The van der Waals surface area contributed by atoms with Gasteiger partial charge in [-0.15, -0.1) is 0 Å². The smallest absolute Gasteiger partial charge is 0.258 e. The average Bonchev–Trinajstić information content (AvgIpc) is 3.25. The van der Waals surface area contributed by atoms with Gasteiger partial charge in [0.15, 0.2) is 6.61 Å². The third kappa shape index (κ3) is 3.26. The van der Waals surface area contributed by atoms with E-state index in [1.54, 1.807) is 0 Å². The minimum Gasteiger partial charge on any atom is -0.484 e. The highest BCUT2D eigenvalue weighted by atomic mass is 16.5. The van der Waals surface area contributed by atoms with Crippen LogP contribution in [0.1, 0.15) is 37.0 Å². The van der Waals surface area contributed by atoms with Crippen molar-refractivity contribution in [1.82, 2.24) is 5.32 Å². The molecule has 4 rings (SSSR count). The van der Waals surface area contributed by atoms with Crippen LogP contribution in [0.5, 0.6) is 5.75 Å². The molecule has 1 aliphatic carbocycles. The van der Waals surface area contributed by atoms with Crippen LogP contribution < -0.4 is 10.1 Å². The van der Waals surface area contributed by atoms with Crippen molar-refractivity contribution in [2.45, 2.75) is 44.6 Å². The molecular weight excluding hydrogens is 306 g/mol. The van der Waals surface area contributed by atoms with Gasteiger partial charge in [-0.3, -0.25) is 4.79 Å². The van der Waals surface area contributed by atoms with E-state index >= 15 is 0 Å². The normalized spacial score (nSPS) is 20.1. The lowest BCUT2D eigenvalue weighted by Crippen LogP contribution is -2.35. The van der Waals surface area contributed by atoms with Crippen LogP contribution >= 0.6 is 0 Å². The van der Waals surface area contributed by atoms with Crippen LogP contribution in [-0.4, -0.2) is 31.8 Å². The van der Waals surface area contributed by atoms with E-state index in [0.29, 0.717) is 12.3 Å². The molecule has 1 saturated heterocycles. The first-order valence-electron chi connectivity index (χ1n) is 8.85. The molecule has 1 fully saturated rings. The molecule has 24 heavy (non-hydrogen) atoms. The Morgan fingerprint density at radius 2 is 2.17 bits per heavy atom. The van der Waals surface area contributed by atoms with Crippen molar-refractivity contribution in [3.8, 4) is 5.75 Å². The van der Waals surface area contributed by atoms with Gasteiger partial charge in [-0.25, -0.2) is 0 Å². The zero-order valence-corrected chi connectivity index (χ0v) is 13.8. The number of carbonyl (C=O) groups is 1. The maximum atomic E-state index is 11.9. The average molecular weight is 329 g/mol. The number of carbonyl (C=O) groups excluding carboxylic acids is 1. The number of hydrogen-bond donors (Lipinski definition) is 1. The van der Waals surface area contributed by atoms with E-state index in [4.69, 9.17) is 13.9 Å². The number of ether oxygens (including phenoxy) is 2. The number of nitrogens with one attached hydrogen (secondary N) is 1. The van der Waals surface area contributed by atoms with Gasteiger partial charge in [0.05, 0.1) is 6.10 Å². The molecule has 5 heteroatoms. The van der Waals surface area contributed by atoms with E-state index < -0.39 is 0 Å².